The zero-order chi connectivity index (χ0) is 19.5. The van der Waals surface area contributed by atoms with Crippen molar-refractivity contribution in [2.75, 3.05) is 0 Å². The number of hydrogen-bond donors (Lipinski definition) is 0. The van der Waals surface area contributed by atoms with E-state index in [1.807, 2.05) is 30.3 Å². The molecule has 0 spiro atoms. The fourth-order valence-electron chi connectivity index (χ4n) is 2.76. The minimum atomic E-state index is -0.600. The maximum Gasteiger partial charge on any atom is 0.248 e. The molecule has 7 heteroatoms. The highest BCUT2D eigenvalue weighted by Crippen LogP contribution is 2.37. The van der Waals surface area contributed by atoms with Gasteiger partial charge in [0.2, 0.25) is 11.8 Å². The Bertz CT molecular complexity index is 1100. The summed E-state index contributed by atoms with van der Waals surface area (Å²) in [7, 11) is 0. The lowest BCUT2D eigenvalue weighted by atomic mass is 10.2. The molecule has 4 aromatic rings. The van der Waals surface area contributed by atoms with Crippen LogP contribution in [0.25, 0.3) is 16.9 Å². The number of halogens is 3. The maximum absolute atomic E-state index is 14.4. The van der Waals surface area contributed by atoms with Gasteiger partial charge in [0.05, 0.1) is 5.69 Å². The number of aromatic nitrogens is 3. The van der Waals surface area contributed by atoms with Crippen molar-refractivity contribution < 1.29 is 13.5 Å². The third-order valence-corrected chi connectivity index (χ3v) is 4.81. The number of pyridine rings is 1. The van der Waals surface area contributed by atoms with Gasteiger partial charge in [0.25, 0.3) is 0 Å². The summed E-state index contributed by atoms with van der Waals surface area (Å²) < 4.78 is 35.5. The third kappa shape index (κ3) is 3.66. The molecule has 0 aliphatic heterocycles. The monoisotopic (exact) mass is 441 g/mol. The Kier molecular flexibility index (Phi) is 5.16. The van der Waals surface area contributed by atoms with Gasteiger partial charge in [-0.05, 0) is 45.8 Å². The molecule has 0 unspecified atom stereocenters. The van der Waals surface area contributed by atoms with Crippen LogP contribution < -0.4 is 4.74 Å². The van der Waals surface area contributed by atoms with Crippen LogP contribution in [0, 0.1) is 11.8 Å². The fourth-order valence-corrected chi connectivity index (χ4v) is 3.35. The van der Waals surface area contributed by atoms with Crippen LogP contribution in [0.5, 0.6) is 5.88 Å². The average molecular weight is 442 g/mol. The Morgan fingerprint density at radius 3 is 2.39 bits per heavy atom. The van der Waals surface area contributed by atoms with Crippen LogP contribution in [0.3, 0.4) is 0 Å². The fraction of sp³-hybridized carbons (Fsp3) is 0.0476. The molecule has 0 bridgehead atoms. The highest BCUT2D eigenvalue weighted by atomic mass is 79.9. The molecule has 0 fully saturated rings. The van der Waals surface area contributed by atoms with Crippen molar-refractivity contribution in [3.05, 3.63) is 94.7 Å². The molecule has 0 radical (unpaired) electrons. The standard InChI is InChI=1S/C21H14BrF2N3O/c22-19-20(15-10-11-18(24)25-12-15)27(17-9-5-4-8-16(17)23)26-21(19)28-13-14-6-2-1-3-7-14/h1-12H,13H2. The van der Waals surface area contributed by atoms with Crippen molar-refractivity contribution in [1.29, 1.82) is 0 Å². The Balaban J connectivity index is 1.79. The van der Waals surface area contributed by atoms with E-state index in [2.05, 4.69) is 26.0 Å². The first-order valence-electron chi connectivity index (χ1n) is 8.45. The largest absolute Gasteiger partial charge is 0.471 e. The van der Waals surface area contributed by atoms with Gasteiger partial charge in [0.15, 0.2) is 0 Å². The number of rotatable bonds is 5. The molecule has 0 saturated carbocycles. The Hall–Kier alpha value is -3.06. The van der Waals surface area contributed by atoms with Crippen LogP contribution in [0.2, 0.25) is 0 Å². The van der Waals surface area contributed by atoms with Crippen LogP contribution in [-0.4, -0.2) is 14.8 Å². The molecule has 0 atom stereocenters. The summed E-state index contributed by atoms with van der Waals surface area (Å²) in [6, 6.07) is 18.7. The second-order valence-electron chi connectivity index (χ2n) is 5.97. The number of ether oxygens (including phenoxy) is 1. The molecule has 0 N–H and O–H groups in total. The van der Waals surface area contributed by atoms with Gasteiger partial charge in [-0.3, -0.25) is 0 Å². The molecule has 0 aliphatic rings. The van der Waals surface area contributed by atoms with E-state index in [4.69, 9.17) is 4.74 Å². The number of nitrogens with zero attached hydrogens (tertiary/aromatic N) is 3. The van der Waals surface area contributed by atoms with Crippen LogP contribution >= 0.6 is 15.9 Å². The zero-order valence-electron chi connectivity index (χ0n) is 14.5. The van der Waals surface area contributed by atoms with Crippen molar-refractivity contribution in [2.24, 2.45) is 0 Å². The van der Waals surface area contributed by atoms with E-state index in [1.165, 1.54) is 23.0 Å². The van der Waals surface area contributed by atoms with Crippen LogP contribution in [-0.2, 0) is 6.61 Å². The SMILES string of the molecule is Fc1ccc(-c2c(Br)c(OCc3ccccc3)nn2-c2ccccc2F)cn1. The van der Waals surface area contributed by atoms with E-state index >= 15 is 0 Å². The van der Waals surface area contributed by atoms with Gasteiger partial charge in [-0.1, -0.05) is 42.5 Å². The first kappa shape index (κ1) is 18.3. The first-order valence-corrected chi connectivity index (χ1v) is 9.25. The maximum atomic E-state index is 14.4. The average Bonchev–Trinajstić information content (AvgIpc) is 3.04. The van der Waals surface area contributed by atoms with Crippen LogP contribution in [0.4, 0.5) is 8.78 Å². The van der Waals surface area contributed by atoms with Crippen LogP contribution in [0.15, 0.2) is 77.4 Å². The van der Waals surface area contributed by atoms with Crippen molar-refractivity contribution >= 4 is 15.9 Å². The number of benzene rings is 2. The second kappa shape index (κ2) is 7.90. The van der Waals surface area contributed by atoms with E-state index in [-0.39, 0.29) is 5.69 Å². The lowest BCUT2D eigenvalue weighted by Crippen LogP contribution is -2.03. The van der Waals surface area contributed by atoms with Gasteiger partial charge in [0, 0.05) is 11.8 Å². The van der Waals surface area contributed by atoms with E-state index in [9.17, 15) is 8.78 Å². The number of hydrogen-bond acceptors (Lipinski definition) is 3. The summed E-state index contributed by atoms with van der Waals surface area (Å²) in [6.45, 7) is 0.300. The molecule has 4 nitrogen and oxygen atoms in total. The molecular weight excluding hydrogens is 428 g/mol. The molecule has 4 rings (SSSR count). The van der Waals surface area contributed by atoms with Crippen molar-refractivity contribution in [2.45, 2.75) is 6.61 Å². The van der Waals surface area contributed by atoms with Gasteiger partial charge in [-0.25, -0.2) is 14.1 Å². The zero-order valence-corrected chi connectivity index (χ0v) is 16.1. The predicted molar refractivity (Wildman–Crippen MR) is 105 cm³/mol. The lowest BCUT2D eigenvalue weighted by molar-refractivity contribution is 0.290. The Morgan fingerprint density at radius 1 is 0.929 bits per heavy atom. The molecule has 28 heavy (non-hydrogen) atoms. The Morgan fingerprint density at radius 2 is 1.68 bits per heavy atom. The van der Waals surface area contributed by atoms with E-state index in [0.717, 1.165) is 5.56 Å². The van der Waals surface area contributed by atoms with E-state index in [0.29, 0.717) is 28.2 Å². The topological polar surface area (TPSA) is 39.9 Å². The molecule has 140 valence electrons. The highest BCUT2D eigenvalue weighted by Gasteiger charge is 2.22. The summed E-state index contributed by atoms with van der Waals surface area (Å²) in [4.78, 5) is 3.69. The van der Waals surface area contributed by atoms with Gasteiger partial charge in [-0.15, -0.1) is 5.10 Å². The smallest absolute Gasteiger partial charge is 0.248 e. The first-order chi connectivity index (χ1) is 13.6. The molecule has 2 aromatic carbocycles. The lowest BCUT2D eigenvalue weighted by Gasteiger charge is -2.08. The predicted octanol–water partition coefficient (Wildman–Crippen LogP) is 5.55. The van der Waals surface area contributed by atoms with Gasteiger partial charge < -0.3 is 4.74 Å². The van der Waals surface area contributed by atoms with Gasteiger partial charge in [0.1, 0.15) is 22.6 Å². The minimum Gasteiger partial charge on any atom is -0.471 e. The Labute approximate surface area is 168 Å². The normalized spacial score (nSPS) is 10.8. The summed E-state index contributed by atoms with van der Waals surface area (Å²) in [6.07, 6.45) is 1.37. The molecule has 2 heterocycles. The summed E-state index contributed by atoms with van der Waals surface area (Å²) in [5.41, 5.74) is 2.30. The summed E-state index contributed by atoms with van der Waals surface area (Å²) in [5, 5.41) is 4.44. The van der Waals surface area contributed by atoms with E-state index < -0.39 is 11.8 Å². The molecule has 0 saturated heterocycles. The van der Waals surface area contributed by atoms with Crippen molar-refractivity contribution in [3.63, 3.8) is 0 Å². The van der Waals surface area contributed by atoms with Crippen molar-refractivity contribution in [3.8, 4) is 22.8 Å². The van der Waals surface area contributed by atoms with Gasteiger partial charge in [-0.2, -0.15) is 4.39 Å². The molecule has 0 aliphatic carbocycles. The van der Waals surface area contributed by atoms with Crippen LogP contribution in [0.1, 0.15) is 5.56 Å². The van der Waals surface area contributed by atoms with Gasteiger partial charge >= 0.3 is 0 Å². The van der Waals surface area contributed by atoms with E-state index in [1.54, 1.807) is 24.3 Å². The third-order valence-electron chi connectivity index (χ3n) is 4.10. The molecular formula is C21H14BrF2N3O. The quantitative estimate of drug-likeness (QED) is 0.381. The summed E-state index contributed by atoms with van der Waals surface area (Å²) in [5.74, 6) is -0.743. The minimum absolute atomic E-state index is 0.247. The number of para-hydroxylation sites is 1. The van der Waals surface area contributed by atoms with Crippen molar-refractivity contribution in [1.82, 2.24) is 14.8 Å². The molecule has 0 amide bonds. The molecule has 2 aromatic heterocycles. The highest BCUT2D eigenvalue weighted by molar-refractivity contribution is 9.10. The summed E-state index contributed by atoms with van der Waals surface area (Å²) >= 11 is 3.50. The second-order valence-corrected chi connectivity index (χ2v) is 6.77.